The van der Waals surface area contributed by atoms with Gasteiger partial charge in [-0.05, 0) is 50.5 Å². The van der Waals surface area contributed by atoms with Gasteiger partial charge in [0, 0.05) is 18.4 Å². The molecule has 0 radical (unpaired) electrons. The van der Waals surface area contributed by atoms with Crippen molar-refractivity contribution in [3.63, 3.8) is 0 Å². The van der Waals surface area contributed by atoms with E-state index in [0.29, 0.717) is 0 Å². The molecule has 0 spiro atoms. The molecule has 2 aliphatic rings. The van der Waals surface area contributed by atoms with Crippen LogP contribution in [0.4, 0.5) is 0 Å². The monoisotopic (exact) mass is 284 g/mol. The van der Waals surface area contributed by atoms with E-state index in [1.165, 1.54) is 11.5 Å². The van der Waals surface area contributed by atoms with Crippen LogP contribution in [-0.4, -0.2) is 32.2 Å². The molecule has 0 fully saturated rings. The van der Waals surface area contributed by atoms with E-state index >= 15 is 0 Å². The highest BCUT2D eigenvalue weighted by Gasteiger charge is 2.36. The quantitative estimate of drug-likeness (QED) is 0.782. The van der Waals surface area contributed by atoms with Crippen LogP contribution < -0.4 is 0 Å². The van der Waals surface area contributed by atoms with E-state index in [1.54, 1.807) is 6.20 Å². The summed E-state index contributed by atoms with van der Waals surface area (Å²) in [6, 6.07) is 1.99. The Hall–Kier alpha value is -1.90. The van der Waals surface area contributed by atoms with Gasteiger partial charge >= 0.3 is 0 Å². The predicted octanol–water partition coefficient (Wildman–Crippen LogP) is 2.64. The molecule has 20 heavy (non-hydrogen) atoms. The molecule has 0 bridgehead atoms. The molecule has 5 heteroatoms. The molecule has 0 aromatic carbocycles. The molecule has 2 aliphatic heterocycles. The first kappa shape index (κ1) is 13.1. The molecule has 0 saturated carbocycles. The fourth-order valence-corrected chi connectivity index (χ4v) is 2.92. The molecule has 1 aromatic rings. The fraction of sp³-hybridized carbons (Fsp3) is 0.333. The predicted molar refractivity (Wildman–Crippen MR) is 81.9 cm³/mol. The normalized spacial score (nSPS) is 19.1. The zero-order chi connectivity index (χ0) is 14.3. The van der Waals surface area contributed by atoms with E-state index in [-0.39, 0.29) is 5.54 Å². The third-order valence-corrected chi connectivity index (χ3v) is 4.28. The summed E-state index contributed by atoms with van der Waals surface area (Å²) in [6.45, 7) is 6.94. The molecule has 0 unspecified atom stereocenters. The highest BCUT2D eigenvalue weighted by molar-refractivity contribution is 7.08. The summed E-state index contributed by atoms with van der Waals surface area (Å²) in [7, 11) is 0. The van der Waals surface area contributed by atoms with Gasteiger partial charge in [-0.3, -0.25) is 5.01 Å². The first-order valence-corrected chi connectivity index (χ1v) is 7.24. The van der Waals surface area contributed by atoms with Crippen molar-refractivity contribution in [2.45, 2.75) is 26.3 Å². The van der Waals surface area contributed by atoms with E-state index in [1.807, 2.05) is 19.9 Å². The number of terminal acetylenes is 1. The maximum atomic E-state index is 5.65. The van der Waals surface area contributed by atoms with Crippen LogP contribution in [0, 0.1) is 12.3 Å². The lowest BCUT2D eigenvalue weighted by atomic mass is 10.1. The summed E-state index contributed by atoms with van der Waals surface area (Å²) in [6.07, 6.45) is 11.6. The molecule has 4 nitrogen and oxygen atoms in total. The van der Waals surface area contributed by atoms with Gasteiger partial charge in [-0.15, -0.1) is 6.42 Å². The maximum Gasteiger partial charge on any atom is 0.145 e. The van der Waals surface area contributed by atoms with Crippen molar-refractivity contribution in [3.05, 3.63) is 40.8 Å². The largest absolute Gasteiger partial charge is 0.260 e. The Kier molecular flexibility index (Phi) is 3.00. The molecule has 1 aromatic heterocycles. The highest BCUT2D eigenvalue weighted by Crippen LogP contribution is 2.33. The van der Waals surface area contributed by atoms with Crippen molar-refractivity contribution in [2.24, 2.45) is 4.99 Å². The molecule has 3 rings (SSSR count). The number of aromatic nitrogens is 1. The van der Waals surface area contributed by atoms with E-state index in [9.17, 15) is 0 Å². The Morgan fingerprint density at radius 3 is 2.90 bits per heavy atom. The topological polar surface area (TPSA) is 31.7 Å². The second kappa shape index (κ2) is 4.58. The lowest BCUT2D eigenvalue weighted by molar-refractivity contribution is 0.00712. The third kappa shape index (κ3) is 1.98. The van der Waals surface area contributed by atoms with Crippen LogP contribution in [0.25, 0.3) is 0 Å². The Labute approximate surface area is 123 Å². The minimum atomic E-state index is -0.342. The zero-order valence-electron chi connectivity index (χ0n) is 11.8. The molecular weight excluding hydrogens is 268 g/mol. The summed E-state index contributed by atoms with van der Waals surface area (Å²) in [5, 5.41) is 4.26. The molecule has 0 saturated heterocycles. The number of hydrazine groups is 1. The van der Waals surface area contributed by atoms with Crippen molar-refractivity contribution < 1.29 is 0 Å². The summed E-state index contributed by atoms with van der Waals surface area (Å²) in [4.78, 5) is 5.81. The van der Waals surface area contributed by atoms with Crippen molar-refractivity contribution in [1.82, 2.24) is 14.4 Å². The number of fused-ring (bicyclic) bond motifs is 1. The smallest absolute Gasteiger partial charge is 0.145 e. The van der Waals surface area contributed by atoms with Crippen molar-refractivity contribution >= 4 is 17.2 Å². The van der Waals surface area contributed by atoms with Gasteiger partial charge in [0.2, 0.25) is 0 Å². The standard InChI is InChI=1S/C15H16N4S/c1-5-15(3,4)18-9-7-14-17-12(10-11(2)19(14)18)13-6-8-16-20-13/h1,6-8,10H,9H2,2-4H3. The van der Waals surface area contributed by atoms with E-state index in [0.717, 1.165) is 28.7 Å². The molecule has 0 amide bonds. The number of rotatable bonds is 2. The summed E-state index contributed by atoms with van der Waals surface area (Å²) in [5.74, 6) is 3.78. The van der Waals surface area contributed by atoms with Gasteiger partial charge in [0.25, 0.3) is 0 Å². The highest BCUT2D eigenvalue weighted by atomic mass is 32.1. The first-order valence-electron chi connectivity index (χ1n) is 6.46. The number of aliphatic imine (C=N–C) groups is 1. The van der Waals surface area contributed by atoms with Gasteiger partial charge in [-0.1, -0.05) is 5.92 Å². The number of hydrogen-bond acceptors (Lipinski definition) is 5. The Morgan fingerprint density at radius 2 is 2.25 bits per heavy atom. The number of allylic oxidation sites excluding steroid dienone is 2. The van der Waals surface area contributed by atoms with E-state index in [4.69, 9.17) is 11.4 Å². The maximum absolute atomic E-state index is 5.65. The van der Waals surface area contributed by atoms with Gasteiger partial charge in [0.1, 0.15) is 5.82 Å². The van der Waals surface area contributed by atoms with Crippen LogP contribution in [0.15, 0.2) is 40.9 Å². The Bertz CT molecular complexity index is 659. The zero-order valence-corrected chi connectivity index (χ0v) is 12.6. The Balaban J connectivity index is 1.96. The molecule has 3 heterocycles. The van der Waals surface area contributed by atoms with Crippen LogP contribution in [0.2, 0.25) is 0 Å². The molecule has 0 N–H and O–H groups in total. The summed E-state index contributed by atoms with van der Waals surface area (Å²) in [5.41, 5.74) is 1.74. The molecule has 0 atom stereocenters. The van der Waals surface area contributed by atoms with E-state index in [2.05, 4.69) is 39.4 Å². The first-order chi connectivity index (χ1) is 9.53. The van der Waals surface area contributed by atoms with Crippen molar-refractivity contribution in [3.8, 4) is 12.3 Å². The van der Waals surface area contributed by atoms with Crippen molar-refractivity contribution in [2.75, 3.05) is 6.54 Å². The second-order valence-electron chi connectivity index (χ2n) is 5.32. The minimum absolute atomic E-state index is 0.342. The average Bonchev–Trinajstić information content (AvgIpc) is 3.07. The minimum Gasteiger partial charge on any atom is -0.260 e. The van der Waals surface area contributed by atoms with Gasteiger partial charge in [-0.25, -0.2) is 9.37 Å². The van der Waals surface area contributed by atoms with Crippen LogP contribution in [0.1, 0.15) is 25.6 Å². The Morgan fingerprint density at radius 1 is 1.45 bits per heavy atom. The fourth-order valence-electron chi connectivity index (χ4n) is 2.37. The molecule has 0 aliphatic carbocycles. The number of nitrogens with zero attached hydrogens (tertiary/aromatic N) is 4. The summed E-state index contributed by atoms with van der Waals surface area (Å²) < 4.78 is 4.14. The lowest BCUT2D eigenvalue weighted by Crippen LogP contribution is -2.50. The van der Waals surface area contributed by atoms with Crippen LogP contribution >= 0.6 is 11.5 Å². The summed E-state index contributed by atoms with van der Waals surface area (Å²) >= 11 is 1.46. The molecular formula is C15H16N4S. The van der Waals surface area contributed by atoms with Crippen LogP contribution in [-0.2, 0) is 0 Å². The molecule has 102 valence electrons. The second-order valence-corrected chi connectivity index (χ2v) is 6.15. The third-order valence-electron chi connectivity index (χ3n) is 3.51. The van der Waals surface area contributed by atoms with Crippen molar-refractivity contribution in [1.29, 1.82) is 0 Å². The van der Waals surface area contributed by atoms with E-state index < -0.39 is 0 Å². The SMILES string of the molecule is C#CC(C)(C)N1CC=C2N=C(c3ccns3)C=C(C)N21. The van der Waals surface area contributed by atoms with Gasteiger partial charge < -0.3 is 0 Å². The van der Waals surface area contributed by atoms with Gasteiger partial charge in [-0.2, -0.15) is 5.01 Å². The van der Waals surface area contributed by atoms with Gasteiger partial charge in [0.05, 0.1) is 16.1 Å². The number of hydrogen-bond donors (Lipinski definition) is 0. The average molecular weight is 284 g/mol. The van der Waals surface area contributed by atoms with Crippen LogP contribution in [0.3, 0.4) is 0 Å². The van der Waals surface area contributed by atoms with Gasteiger partial charge in [0.15, 0.2) is 0 Å². The lowest BCUT2D eigenvalue weighted by Gasteiger charge is -2.40. The van der Waals surface area contributed by atoms with Crippen LogP contribution in [0.5, 0.6) is 0 Å².